The fraction of sp³-hybridized carbons (Fsp3) is 0.583. The number of piperidine rings is 1. The Hall–Kier alpha value is -2.25. The molecule has 3 heterocycles. The highest BCUT2D eigenvalue weighted by molar-refractivity contribution is 5.92. The molecular formula is C24H34FN5O. The smallest absolute Gasteiger partial charge is 0.228 e. The maximum absolute atomic E-state index is 13.1. The van der Waals surface area contributed by atoms with Gasteiger partial charge in [-0.05, 0) is 83.4 Å². The summed E-state index contributed by atoms with van der Waals surface area (Å²) in [6, 6.07) is 6.44. The van der Waals surface area contributed by atoms with Gasteiger partial charge in [0.05, 0.1) is 12.1 Å². The van der Waals surface area contributed by atoms with Crippen LogP contribution in [0.25, 0.3) is 0 Å². The van der Waals surface area contributed by atoms with E-state index in [0.29, 0.717) is 17.6 Å². The second kappa shape index (κ2) is 9.49. The van der Waals surface area contributed by atoms with Crippen molar-refractivity contribution in [2.24, 2.45) is 11.8 Å². The Kier molecular flexibility index (Phi) is 6.72. The number of hydrogen-bond acceptors (Lipinski definition) is 4. The number of anilines is 1. The van der Waals surface area contributed by atoms with Gasteiger partial charge in [-0.25, -0.2) is 4.39 Å². The Morgan fingerprint density at radius 3 is 2.58 bits per heavy atom. The highest BCUT2D eigenvalue weighted by Gasteiger charge is 2.39. The molecule has 1 amide bonds. The molecular weight excluding hydrogens is 393 g/mol. The first kappa shape index (κ1) is 22.0. The predicted molar refractivity (Wildman–Crippen MR) is 120 cm³/mol. The quantitative estimate of drug-likeness (QED) is 0.766. The Labute approximate surface area is 184 Å². The fourth-order valence-corrected chi connectivity index (χ4v) is 5.24. The number of benzene rings is 1. The van der Waals surface area contributed by atoms with Crippen LogP contribution in [0.5, 0.6) is 0 Å². The summed E-state index contributed by atoms with van der Waals surface area (Å²) < 4.78 is 15.2. The fourth-order valence-electron chi connectivity index (χ4n) is 5.24. The molecule has 2 aromatic rings. The van der Waals surface area contributed by atoms with E-state index >= 15 is 0 Å². The molecule has 2 aliphatic heterocycles. The number of aryl methyl sites for hydroxylation is 1. The number of carbonyl (C=O) groups excluding carboxylic acids is 1. The minimum atomic E-state index is -0.292. The minimum absolute atomic E-state index is 0.0133. The van der Waals surface area contributed by atoms with Crippen LogP contribution in [-0.4, -0.2) is 58.2 Å². The monoisotopic (exact) mass is 427 g/mol. The number of rotatable bonds is 6. The lowest BCUT2D eigenvalue weighted by molar-refractivity contribution is -0.119. The first-order valence-electron chi connectivity index (χ1n) is 11.4. The van der Waals surface area contributed by atoms with Gasteiger partial charge in [0, 0.05) is 42.6 Å². The van der Waals surface area contributed by atoms with Crippen LogP contribution < -0.4 is 5.32 Å². The van der Waals surface area contributed by atoms with Crippen LogP contribution >= 0.6 is 0 Å². The average molecular weight is 428 g/mol. The zero-order chi connectivity index (χ0) is 22.0. The highest BCUT2D eigenvalue weighted by Crippen LogP contribution is 2.34. The third-order valence-electron chi connectivity index (χ3n) is 7.16. The van der Waals surface area contributed by atoms with Crippen LogP contribution in [0.3, 0.4) is 0 Å². The number of aromatic nitrogens is 2. The molecule has 1 aromatic heterocycles. The SMILES string of the molecule is CCn1ncc(CN2CCC([C@@H]3C[C@@H](C(=O)Nc4ccc(F)cc4)CN3C)CC2)c1C. The first-order chi connectivity index (χ1) is 14.9. The van der Waals surface area contributed by atoms with Gasteiger partial charge in [-0.2, -0.15) is 5.10 Å². The van der Waals surface area contributed by atoms with Gasteiger partial charge in [-0.3, -0.25) is 14.4 Å². The van der Waals surface area contributed by atoms with Crippen LogP contribution in [0.4, 0.5) is 10.1 Å². The van der Waals surface area contributed by atoms with Crippen molar-refractivity contribution in [3.8, 4) is 0 Å². The van der Waals surface area contributed by atoms with Gasteiger partial charge in [0.25, 0.3) is 0 Å². The van der Waals surface area contributed by atoms with Gasteiger partial charge >= 0.3 is 0 Å². The Morgan fingerprint density at radius 1 is 1.23 bits per heavy atom. The molecule has 0 aliphatic carbocycles. The van der Waals surface area contributed by atoms with Crippen molar-refractivity contribution in [2.45, 2.75) is 52.2 Å². The van der Waals surface area contributed by atoms with Crippen LogP contribution in [0.1, 0.15) is 37.4 Å². The maximum Gasteiger partial charge on any atom is 0.228 e. The molecule has 2 saturated heterocycles. The van der Waals surface area contributed by atoms with Gasteiger partial charge < -0.3 is 10.2 Å². The largest absolute Gasteiger partial charge is 0.326 e. The molecule has 6 nitrogen and oxygen atoms in total. The van der Waals surface area contributed by atoms with E-state index in [2.05, 4.69) is 45.8 Å². The number of carbonyl (C=O) groups is 1. The second-order valence-corrected chi connectivity index (χ2v) is 9.12. The molecule has 2 atom stereocenters. The first-order valence-corrected chi connectivity index (χ1v) is 11.4. The van der Waals surface area contributed by atoms with Crippen LogP contribution in [-0.2, 0) is 17.9 Å². The second-order valence-electron chi connectivity index (χ2n) is 9.12. The number of halogens is 1. The topological polar surface area (TPSA) is 53.4 Å². The molecule has 0 bridgehead atoms. The lowest BCUT2D eigenvalue weighted by Gasteiger charge is -2.37. The molecule has 0 unspecified atom stereocenters. The van der Waals surface area contributed by atoms with E-state index in [0.717, 1.165) is 39.1 Å². The molecule has 168 valence electrons. The van der Waals surface area contributed by atoms with Crippen molar-refractivity contribution < 1.29 is 9.18 Å². The minimum Gasteiger partial charge on any atom is -0.326 e. The Balaban J connectivity index is 1.28. The average Bonchev–Trinajstić information content (AvgIpc) is 3.33. The Morgan fingerprint density at radius 2 is 1.94 bits per heavy atom. The summed E-state index contributed by atoms with van der Waals surface area (Å²) in [5.74, 6) is 0.367. The summed E-state index contributed by atoms with van der Waals surface area (Å²) in [7, 11) is 2.14. The van der Waals surface area contributed by atoms with Gasteiger partial charge in [0.1, 0.15) is 5.82 Å². The lowest BCUT2D eigenvalue weighted by Crippen LogP contribution is -2.41. The van der Waals surface area contributed by atoms with Crippen molar-refractivity contribution in [1.82, 2.24) is 19.6 Å². The summed E-state index contributed by atoms with van der Waals surface area (Å²) in [6.07, 6.45) is 5.25. The molecule has 1 N–H and O–H groups in total. The molecule has 0 saturated carbocycles. The molecule has 31 heavy (non-hydrogen) atoms. The number of amides is 1. The normalized spacial score (nSPS) is 23.4. The van der Waals surface area contributed by atoms with Crippen molar-refractivity contribution in [3.05, 3.63) is 47.5 Å². The lowest BCUT2D eigenvalue weighted by atomic mass is 9.86. The number of likely N-dealkylation sites (tertiary alicyclic amines) is 2. The molecule has 0 radical (unpaired) electrons. The van der Waals surface area contributed by atoms with Crippen LogP contribution in [0.15, 0.2) is 30.5 Å². The molecule has 7 heteroatoms. The van der Waals surface area contributed by atoms with Crippen molar-refractivity contribution in [3.63, 3.8) is 0 Å². The van der Waals surface area contributed by atoms with Crippen LogP contribution in [0, 0.1) is 24.6 Å². The zero-order valence-corrected chi connectivity index (χ0v) is 18.9. The van der Waals surface area contributed by atoms with E-state index in [4.69, 9.17) is 0 Å². The van der Waals surface area contributed by atoms with Gasteiger partial charge in [0.2, 0.25) is 5.91 Å². The summed E-state index contributed by atoms with van der Waals surface area (Å²) in [5, 5.41) is 7.43. The van der Waals surface area contributed by atoms with Gasteiger partial charge in [-0.15, -0.1) is 0 Å². The highest BCUT2D eigenvalue weighted by atomic mass is 19.1. The standard InChI is InChI=1S/C24H34FN5O/c1-4-30-17(2)20(14-26-30)16-29-11-9-18(10-12-29)23-13-19(15-28(23)3)24(31)27-22-7-5-21(25)6-8-22/h5-8,14,18-19,23H,4,9-13,15-16H2,1-3H3,(H,27,31)/t19-,23+/m1/s1. The third kappa shape index (κ3) is 4.99. The summed E-state index contributed by atoms with van der Waals surface area (Å²) in [6.45, 7) is 9.15. The summed E-state index contributed by atoms with van der Waals surface area (Å²) in [4.78, 5) is 17.6. The Bertz CT molecular complexity index is 888. The molecule has 1 aromatic carbocycles. The van der Waals surface area contributed by atoms with E-state index in [1.165, 1.54) is 36.2 Å². The molecule has 2 fully saturated rings. The number of hydrogen-bond donors (Lipinski definition) is 1. The van der Waals surface area contributed by atoms with E-state index < -0.39 is 0 Å². The third-order valence-corrected chi connectivity index (χ3v) is 7.16. The predicted octanol–water partition coefficient (Wildman–Crippen LogP) is 3.52. The maximum atomic E-state index is 13.1. The van der Waals surface area contributed by atoms with Crippen LogP contribution in [0.2, 0.25) is 0 Å². The van der Waals surface area contributed by atoms with Gasteiger partial charge in [0.15, 0.2) is 0 Å². The number of nitrogens with zero attached hydrogens (tertiary/aromatic N) is 4. The summed E-state index contributed by atoms with van der Waals surface area (Å²) in [5.41, 5.74) is 3.26. The van der Waals surface area contributed by atoms with Gasteiger partial charge in [-0.1, -0.05) is 0 Å². The van der Waals surface area contributed by atoms with Crippen molar-refractivity contribution in [1.29, 1.82) is 0 Å². The molecule has 4 rings (SSSR count). The van der Waals surface area contributed by atoms with Crippen molar-refractivity contribution in [2.75, 3.05) is 32.0 Å². The zero-order valence-electron chi connectivity index (χ0n) is 18.9. The van der Waals surface area contributed by atoms with E-state index in [1.54, 1.807) is 12.1 Å². The summed E-state index contributed by atoms with van der Waals surface area (Å²) >= 11 is 0. The number of nitrogens with one attached hydrogen (secondary N) is 1. The van der Waals surface area contributed by atoms with Crippen molar-refractivity contribution >= 4 is 11.6 Å². The van der Waals surface area contributed by atoms with E-state index in [9.17, 15) is 9.18 Å². The van der Waals surface area contributed by atoms with E-state index in [-0.39, 0.29) is 17.6 Å². The molecule has 0 spiro atoms. The van der Waals surface area contributed by atoms with E-state index in [1.807, 2.05) is 6.20 Å². The molecule has 2 aliphatic rings.